The lowest BCUT2D eigenvalue weighted by molar-refractivity contribution is -0.178. The van der Waals surface area contributed by atoms with Crippen molar-refractivity contribution in [2.45, 2.75) is 50.6 Å². The van der Waals surface area contributed by atoms with Crippen LogP contribution in [0.4, 0.5) is 8.78 Å². The molecule has 3 aliphatic carbocycles. The fourth-order valence-electron chi connectivity index (χ4n) is 5.37. The van der Waals surface area contributed by atoms with Crippen molar-refractivity contribution in [3.63, 3.8) is 0 Å². The number of hydrogen-bond acceptors (Lipinski definition) is 2. The summed E-state index contributed by atoms with van der Waals surface area (Å²) in [4.78, 5) is 14.5. The van der Waals surface area contributed by atoms with E-state index in [9.17, 15) is 13.6 Å². The van der Waals surface area contributed by atoms with Gasteiger partial charge in [-0.3, -0.25) is 4.79 Å². The highest BCUT2D eigenvalue weighted by molar-refractivity contribution is 5.86. The predicted octanol–water partition coefficient (Wildman–Crippen LogP) is 4.18. The number of carbonyl (C=O) groups is 1. The molecule has 1 heterocycles. The van der Waals surface area contributed by atoms with Crippen LogP contribution in [0.1, 0.15) is 30.4 Å². The Morgan fingerprint density at radius 3 is 2.38 bits per heavy atom. The van der Waals surface area contributed by atoms with E-state index in [4.69, 9.17) is 5.73 Å². The van der Waals surface area contributed by atoms with E-state index < -0.39 is 24.6 Å². The molecule has 1 amide bonds. The van der Waals surface area contributed by atoms with Crippen LogP contribution in [0.15, 0.2) is 48.5 Å². The van der Waals surface area contributed by atoms with Crippen LogP contribution in [0.2, 0.25) is 0 Å². The zero-order valence-electron chi connectivity index (χ0n) is 16.6. The molecule has 2 bridgehead atoms. The minimum absolute atomic E-state index is 0.104. The average molecular weight is 396 g/mol. The molecule has 152 valence electrons. The molecule has 4 fully saturated rings. The number of aryl methyl sites for hydroxylation is 1. The minimum atomic E-state index is -3.04. The molecule has 6 rings (SSSR count). The molecule has 2 atom stereocenters. The van der Waals surface area contributed by atoms with Crippen molar-refractivity contribution in [1.29, 1.82) is 0 Å². The number of halogens is 2. The second-order valence-corrected chi connectivity index (χ2v) is 9.32. The third-order valence-corrected chi connectivity index (χ3v) is 7.16. The maximum atomic E-state index is 14.5. The fourth-order valence-corrected chi connectivity index (χ4v) is 5.37. The van der Waals surface area contributed by atoms with Crippen LogP contribution in [0.5, 0.6) is 0 Å². The molecule has 2 N–H and O–H groups in total. The number of rotatable bonds is 4. The molecule has 1 aliphatic heterocycles. The van der Waals surface area contributed by atoms with Crippen molar-refractivity contribution in [2.24, 2.45) is 17.1 Å². The first-order valence-electron chi connectivity index (χ1n) is 10.4. The van der Waals surface area contributed by atoms with Crippen molar-refractivity contribution in [1.82, 2.24) is 4.90 Å². The summed E-state index contributed by atoms with van der Waals surface area (Å²) >= 11 is 0. The predicted molar refractivity (Wildman–Crippen MR) is 109 cm³/mol. The summed E-state index contributed by atoms with van der Waals surface area (Å²) in [5.41, 5.74) is 9.84. The fraction of sp³-hybridized carbons (Fsp3) is 0.458. The number of alkyl halides is 2. The third-order valence-electron chi connectivity index (χ3n) is 7.16. The lowest BCUT2D eigenvalue weighted by atomic mass is 9.44. The number of nitrogens with zero attached hydrogens (tertiary/aromatic N) is 1. The van der Waals surface area contributed by atoms with Crippen LogP contribution in [-0.2, 0) is 11.2 Å². The molecule has 1 saturated heterocycles. The van der Waals surface area contributed by atoms with Crippen LogP contribution in [0, 0.1) is 18.3 Å². The van der Waals surface area contributed by atoms with E-state index in [1.54, 1.807) is 0 Å². The lowest BCUT2D eigenvalue weighted by Gasteiger charge is -2.61. The standard InChI is InChI=1S/C24H26F2N2O/c1-15-4-2-6-18(8-15)19-7-3-5-16(9-19)10-20-21(27)24(25,26)14-28(20)22(29)23-11-17(12-23)13-23/h2-9,17,20-21H,10-14,27H2,1H3/t17?,20-,21+,23?/m0/s1. The summed E-state index contributed by atoms with van der Waals surface area (Å²) in [7, 11) is 0. The van der Waals surface area contributed by atoms with Crippen molar-refractivity contribution in [3.8, 4) is 11.1 Å². The van der Waals surface area contributed by atoms with Crippen LogP contribution >= 0.6 is 0 Å². The Balaban J connectivity index is 1.41. The number of amides is 1. The molecule has 2 aromatic rings. The summed E-state index contributed by atoms with van der Waals surface area (Å²) in [6.07, 6.45) is 2.93. The second-order valence-electron chi connectivity index (χ2n) is 9.32. The molecule has 0 radical (unpaired) electrons. The first-order valence-corrected chi connectivity index (χ1v) is 10.4. The van der Waals surface area contributed by atoms with Gasteiger partial charge in [0.2, 0.25) is 5.91 Å². The van der Waals surface area contributed by atoms with Crippen LogP contribution in [0.25, 0.3) is 11.1 Å². The van der Waals surface area contributed by atoms with E-state index in [2.05, 4.69) is 6.07 Å². The van der Waals surface area contributed by atoms with E-state index in [0.717, 1.165) is 36.0 Å². The van der Waals surface area contributed by atoms with E-state index in [0.29, 0.717) is 12.3 Å². The maximum absolute atomic E-state index is 14.5. The first kappa shape index (κ1) is 18.7. The Bertz CT molecular complexity index is 956. The normalized spacial score (nSPS) is 31.9. The van der Waals surface area contributed by atoms with Crippen molar-refractivity contribution in [3.05, 3.63) is 59.7 Å². The SMILES string of the molecule is Cc1cccc(-c2cccc(C[C@H]3[C@@H](N)C(F)(F)CN3C(=O)C34CC(C3)C4)c2)c1. The van der Waals surface area contributed by atoms with Crippen molar-refractivity contribution < 1.29 is 13.6 Å². The highest BCUT2D eigenvalue weighted by Crippen LogP contribution is 2.65. The van der Waals surface area contributed by atoms with E-state index in [-0.39, 0.29) is 11.3 Å². The maximum Gasteiger partial charge on any atom is 0.282 e. The summed E-state index contributed by atoms with van der Waals surface area (Å²) in [5, 5.41) is 0. The molecule has 4 aliphatic rings. The van der Waals surface area contributed by atoms with Gasteiger partial charge in [-0.25, -0.2) is 8.78 Å². The molecular formula is C24H26F2N2O. The molecule has 0 spiro atoms. The Morgan fingerprint density at radius 1 is 1.10 bits per heavy atom. The van der Waals surface area contributed by atoms with Gasteiger partial charge in [-0.2, -0.15) is 0 Å². The van der Waals surface area contributed by atoms with Gasteiger partial charge >= 0.3 is 0 Å². The van der Waals surface area contributed by atoms with E-state index in [1.165, 1.54) is 10.5 Å². The van der Waals surface area contributed by atoms with Gasteiger partial charge in [-0.15, -0.1) is 0 Å². The topological polar surface area (TPSA) is 46.3 Å². The van der Waals surface area contributed by atoms with Crippen LogP contribution < -0.4 is 5.73 Å². The second kappa shape index (κ2) is 6.36. The molecule has 5 heteroatoms. The van der Waals surface area contributed by atoms with Crippen molar-refractivity contribution >= 4 is 5.91 Å². The lowest BCUT2D eigenvalue weighted by Crippen LogP contribution is -2.62. The van der Waals surface area contributed by atoms with Gasteiger partial charge in [0.1, 0.15) is 0 Å². The van der Waals surface area contributed by atoms with Gasteiger partial charge in [0.25, 0.3) is 5.92 Å². The number of likely N-dealkylation sites (tertiary alicyclic amines) is 1. The molecule has 3 saturated carbocycles. The number of nitrogens with two attached hydrogens (primary N) is 1. The van der Waals surface area contributed by atoms with Gasteiger partial charge in [0.05, 0.1) is 24.0 Å². The van der Waals surface area contributed by atoms with E-state index >= 15 is 0 Å². The summed E-state index contributed by atoms with van der Waals surface area (Å²) in [5.74, 6) is -2.52. The molecule has 2 aromatic carbocycles. The zero-order chi connectivity index (χ0) is 20.4. The Kier molecular flexibility index (Phi) is 4.11. The van der Waals surface area contributed by atoms with Crippen LogP contribution in [-0.4, -0.2) is 35.4 Å². The largest absolute Gasteiger partial charge is 0.331 e. The monoisotopic (exact) mass is 396 g/mol. The Hall–Kier alpha value is -2.27. The molecule has 29 heavy (non-hydrogen) atoms. The smallest absolute Gasteiger partial charge is 0.282 e. The minimum Gasteiger partial charge on any atom is -0.331 e. The summed E-state index contributed by atoms with van der Waals surface area (Å²) in [6.45, 7) is 1.49. The highest BCUT2D eigenvalue weighted by atomic mass is 19.3. The van der Waals surface area contributed by atoms with Gasteiger partial charge in [-0.05, 0) is 55.2 Å². The quantitative estimate of drug-likeness (QED) is 0.843. The zero-order valence-corrected chi connectivity index (χ0v) is 16.6. The molecule has 0 unspecified atom stereocenters. The highest BCUT2D eigenvalue weighted by Gasteiger charge is 2.65. The first-order chi connectivity index (χ1) is 13.8. The van der Waals surface area contributed by atoms with Gasteiger partial charge in [0, 0.05) is 0 Å². The number of benzene rings is 2. The van der Waals surface area contributed by atoms with Crippen molar-refractivity contribution in [2.75, 3.05) is 6.54 Å². The molecule has 0 aromatic heterocycles. The van der Waals surface area contributed by atoms with E-state index in [1.807, 2.05) is 49.4 Å². The van der Waals surface area contributed by atoms with Gasteiger partial charge in [0.15, 0.2) is 0 Å². The molecular weight excluding hydrogens is 370 g/mol. The third kappa shape index (κ3) is 2.98. The van der Waals surface area contributed by atoms with Crippen LogP contribution in [0.3, 0.4) is 0 Å². The Labute approximate surface area is 169 Å². The van der Waals surface area contributed by atoms with Gasteiger partial charge in [-0.1, -0.05) is 54.1 Å². The number of hydrogen-bond donors (Lipinski definition) is 1. The van der Waals surface area contributed by atoms with Gasteiger partial charge < -0.3 is 10.6 Å². The summed E-state index contributed by atoms with van der Waals surface area (Å²) < 4.78 is 29.0. The number of carbonyl (C=O) groups excluding carboxylic acids is 1. The Morgan fingerprint density at radius 2 is 1.76 bits per heavy atom. The average Bonchev–Trinajstić information content (AvgIpc) is 2.83. The molecule has 3 nitrogen and oxygen atoms in total. The summed E-state index contributed by atoms with van der Waals surface area (Å²) in [6, 6.07) is 14.1.